The minimum absolute atomic E-state index is 0.0262. The molecule has 5 aromatic carbocycles. The Balaban J connectivity index is 0.000000228. The number of hydrogen-bond donors (Lipinski definition) is 1. The van der Waals surface area contributed by atoms with Crippen LogP contribution in [-0.4, -0.2) is 29.8 Å². The highest BCUT2D eigenvalue weighted by Gasteiger charge is 2.38. The number of halogens is 12. The number of fused-ring (bicyclic) bond motifs is 2. The first-order chi connectivity index (χ1) is 30.3. The molecule has 0 saturated carbocycles. The van der Waals surface area contributed by atoms with Gasteiger partial charge in [-0.05, 0) is 151 Å². The van der Waals surface area contributed by atoms with Crippen molar-refractivity contribution in [1.82, 2.24) is 0 Å². The topological polar surface area (TPSA) is 89.9 Å². The number of aryl methyl sites for hydroxylation is 2. The van der Waals surface area contributed by atoms with Gasteiger partial charge in [-0.3, -0.25) is 9.59 Å². The van der Waals surface area contributed by atoms with Gasteiger partial charge in [-0.15, -0.1) is 0 Å². The Morgan fingerprint density at radius 1 is 0.554 bits per heavy atom. The van der Waals surface area contributed by atoms with E-state index in [-0.39, 0.29) is 65.2 Å². The maximum Gasteiger partial charge on any atom is 0.416 e. The van der Waals surface area contributed by atoms with Crippen LogP contribution in [0.5, 0.6) is 11.5 Å². The first-order valence-electron chi connectivity index (χ1n) is 19.1. The average Bonchev–Trinajstić information content (AvgIpc) is 3.23. The molecule has 0 amide bonds. The van der Waals surface area contributed by atoms with Crippen LogP contribution in [0.15, 0.2) is 108 Å². The largest absolute Gasteiger partial charge is 0.508 e. The first-order valence-corrected chi connectivity index (χ1v) is 19.1. The molecular weight excluding hydrogens is 888 g/mol. The number of ether oxygens (including phenoxy) is 2. The van der Waals surface area contributed by atoms with Gasteiger partial charge >= 0.3 is 30.7 Å². The van der Waals surface area contributed by atoms with Gasteiger partial charge in [0.25, 0.3) is 0 Å². The predicted octanol–water partition coefficient (Wildman–Crippen LogP) is 12.9. The summed E-state index contributed by atoms with van der Waals surface area (Å²) >= 11 is 0. The fourth-order valence-corrected chi connectivity index (χ4v) is 7.03. The lowest BCUT2D eigenvalue weighted by molar-refractivity contribution is -0.144. The van der Waals surface area contributed by atoms with Gasteiger partial charge in [-0.2, -0.15) is 52.7 Å². The van der Waals surface area contributed by atoms with Crippen LogP contribution in [0.25, 0.3) is 12.2 Å². The normalized spacial score (nSPS) is 15.5. The standard InChI is InChI=1S/C28H20F6O4.C19H12F6O2/c1-37-26(36)18-4-2-16(3-5-18)15-38-23-8-9-24-19(13-23)6-7-20(25(24)35)10-17-11-21(27(29,30)31)14-22(12-17)28(32,33)34;20-18(21,22)13-6-10(7-14(9-13)19(23,24)25)5-12-2-1-11-8-15(26)3-4-16(11)17(12)27/h2-5,8-14H,6-7,15H2,1H3;3-9,26H,1-2H2/b20-10+;12-5+. The minimum Gasteiger partial charge on any atom is -0.508 e. The van der Waals surface area contributed by atoms with Gasteiger partial charge in [-0.1, -0.05) is 12.1 Å². The first kappa shape index (κ1) is 47.6. The monoisotopic (exact) mass is 920 g/mol. The van der Waals surface area contributed by atoms with Gasteiger partial charge in [0.1, 0.15) is 18.1 Å². The molecule has 0 bridgehead atoms. The number of phenols is 1. The lowest BCUT2D eigenvalue weighted by Crippen LogP contribution is -2.15. The Bertz CT molecular complexity index is 2640. The summed E-state index contributed by atoms with van der Waals surface area (Å²) < 4.78 is 167. The number of esters is 1. The van der Waals surface area contributed by atoms with Gasteiger partial charge in [0.15, 0.2) is 11.6 Å². The third-order valence-corrected chi connectivity index (χ3v) is 10.2. The SMILES string of the molecule is COC(=O)c1ccc(COc2ccc3c(c2)CC/C(=C\c2cc(C(F)(F)F)cc(C(F)(F)F)c2)C3=O)cc1.O=C1/C(=C/c2cc(C(F)(F)F)cc(C(F)(F)F)c2)CCc2cc(O)ccc21. The van der Waals surface area contributed by atoms with Crippen molar-refractivity contribution in [2.45, 2.75) is 57.0 Å². The molecule has 0 unspecified atom stereocenters. The number of carbonyl (C=O) groups is 3. The molecule has 18 heteroatoms. The molecule has 2 aliphatic rings. The Morgan fingerprint density at radius 2 is 0.969 bits per heavy atom. The quantitative estimate of drug-likeness (QED) is 0.104. The fourth-order valence-electron chi connectivity index (χ4n) is 7.03. The zero-order valence-electron chi connectivity index (χ0n) is 33.5. The maximum atomic E-state index is 13.2. The summed E-state index contributed by atoms with van der Waals surface area (Å²) in [6, 6.07) is 17.9. The summed E-state index contributed by atoms with van der Waals surface area (Å²) in [6.45, 7) is 0.191. The second kappa shape index (κ2) is 18.3. The van der Waals surface area contributed by atoms with Crippen molar-refractivity contribution >= 4 is 29.7 Å². The number of methoxy groups -OCH3 is 1. The summed E-state index contributed by atoms with van der Waals surface area (Å²) in [5.41, 5.74) is -3.21. The van der Waals surface area contributed by atoms with Crippen LogP contribution in [0.2, 0.25) is 0 Å². The number of ketones is 2. The molecule has 1 N–H and O–H groups in total. The van der Waals surface area contributed by atoms with E-state index in [2.05, 4.69) is 4.74 Å². The maximum absolute atomic E-state index is 13.2. The lowest BCUT2D eigenvalue weighted by Gasteiger charge is -2.19. The molecule has 7 rings (SSSR count). The number of rotatable bonds is 6. The Morgan fingerprint density at radius 3 is 1.38 bits per heavy atom. The molecule has 340 valence electrons. The third-order valence-electron chi connectivity index (χ3n) is 10.2. The zero-order valence-corrected chi connectivity index (χ0v) is 33.5. The number of benzene rings is 5. The van der Waals surface area contributed by atoms with E-state index in [1.165, 1.54) is 31.4 Å². The van der Waals surface area contributed by atoms with E-state index in [0.29, 0.717) is 65.1 Å². The van der Waals surface area contributed by atoms with Gasteiger partial charge in [0, 0.05) is 22.3 Å². The molecule has 6 nitrogen and oxygen atoms in total. The van der Waals surface area contributed by atoms with Gasteiger partial charge in [-0.25, -0.2) is 4.79 Å². The highest BCUT2D eigenvalue weighted by molar-refractivity contribution is 6.14. The highest BCUT2D eigenvalue weighted by atomic mass is 19.4. The summed E-state index contributed by atoms with van der Waals surface area (Å²) in [6.07, 6.45) is -16.7. The Hall–Kier alpha value is -6.85. The average molecular weight is 921 g/mol. The molecule has 0 spiro atoms. The van der Waals surface area contributed by atoms with Crippen LogP contribution < -0.4 is 4.74 Å². The highest BCUT2D eigenvalue weighted by Crippen LogP contribution is 2.40. The Kier molecular flexibility index (Phi) is 13.4. The summed E-state index contributed by atoms with van der Waals surface area (Å²) in [7, 11) is 1.29. The number of hydrogen-bond acceptors (Lipinski definition) is 6. The van der Waals surface area contributed by atoms with E-state index < -0.39 is 64.5 Å². The Labute approximate surface area is 361 Å². The predicted molar refractivity (Wildman–Crippen MR) is 211 cm³/mol. The summed E-state index contributed by atoms with van der Waals surface area (Å²) in [5.74, 6) is -0.959. The van der Waals surface area contributed by atoms with Gasteiger partial charge in [0.2, 0.25) is 0 Å². The minimum atomic E-state index is -4.97. The van der Waals surface area contributed by atoms with Gasteiger partial charge in [0.05, 0.1) is 34.9 Å². The van der Waals surface area contributed by atoms with Crippen molar-refractivity contribution in [2.24, 2.45) is 0 Å². The zero-order chi connectivity index (χ0) is 47.6. The molecule has 0 heterocycles. The van der Waals surface area contributed by atoms with Crippen LogP contribution in [0.4, 0.5) is 52.7 Å². The van der Waals surface area contributed by atoms with Crippen molar-refractivity contribution in [1.29, 1.82) is 0 Å². The van der Waals surface area contributed by atoms with E-state index in [0.717, 1.165) is 17.7 Å². The summed E-state index contributed by atoms with van der Waals surface area (Å²) in [5, 5.41) is 9.45. The second-order valence-corrected chi connectivity index (χ2v) is 14.8. The van der Waals surface area contributed by atoms with E-state index in [4.69, 9.17) is 4.74 Å². The van der Waals surface area contributed by atoms with Crippen molar-refractivity contribution < 1.29 is 81.6 Å². The summed E-state index contributed by atoms with van der Waals surface area (Å²) in [4.78, 5) is 37.0. The molecule has 0 radical (unpaired) electrons. The smallest absolute Gasteiger partial charge is 0.416 e. The second-order valence-electron chi connectivity index (χ2n) is 14.8. The van der Waals surface area contributed by atoms with Crippen LogP contribution in [0, 0.1) is 0 Å². The number of carbonyl (C=O) groups excluding carboxylic acids is 3. The number of allylic oxidation sites excluding steroid dienone is 2. The molecule has 0 saturated heterocycles. The van der Waals surface area contributed by atoms with Crippen molar-refractivity contribution in [3.8, 4) is 11.5 Å². The molecule has 2 aliphatic carbocycles. The van der Waals surface area contributed by atoms with Gasteiger partial charge < -0.3 is 14.6 Å². The molecule has 0 fully saturated rings. The molecule has 0 aliphatic heterocycles. The van der Waals surface area contributed by atoms with Crippen molar-refractivity contribution in [3.05, 3.63) is 175 Å². The van der Waals surface area contributed by atoms with Crippen molar-refractivity contribution in [2.75, 3.05) is 7.11 Å². The van der Waals surface area contributed by atoms with E-state index in [1.807, 2.05) is 0 Å². The van der Waals surface area contributed by atoms with E-state index in [9.17, 15) is 72.2 Å². The van der Waals surface area contributed by atoms with E-state index in [1.54, 1.807) is 36.4 Å². The molecule has 5 aromatic rings. The molecule has 65 heavy (non-hydrogen) atoms. The van der Waals surface area contributed by atoms with Crippen molar-refractivity contribution in [3.63, 3.8) is 0 Å². The van der Waals surface area contributed by atoms with Crippen LogP contribution >= 0.6 is 0 Å². The molecule has 0 atom stereocenters. The van der Waals surface area contributed by atoms with Crippen LogP contribution in [0.1, 0.15) is 94.0 Å². The third kappa shape index (κ3) is 11.6. The molecule has 0 aromatic heterocycles. The van der Waals surface area contributed by atoms with Crippen LogP contribution in [-0.2, 0) is 48.9 Å². The lowest BCUT2D eigenvalue weighted by atomic mass is 9.85. The number of phenolic OH excluding ortho intramolecular Hbond substituents is 1. The number of Topliss-reactive ketones (excluding diaryl/α,β-unsaturated/α-hetero) is 2. The van der Waals surface area contributed by atoms with Crippen LogP contribution in [0.3, 0.4) is 0 Å². The molecular formula is C47H32F12O6. The number of aromatic hydroxyl groups is 1. The fraction of sp³-hybridized carbons (Fsp3) is 0.213. The van der Waals surface area contributed by atoms with E-state index >= 15 is 0 Å². The number of alkyl halides is 12.